The summed E-state index contributed by atoms with van der Waals surface area (Å²) in [5.41, 5.74) is 7.86. The van der Waals surface area contributed by atoms with E-state index in [1.165, 1.54) is 5.56 Å². The predicted octanol–water partition coefficient (Wildman–Crippen LogP) is 1.70. The maximum absolute atomic E-state index is 5.64. The van der Waals surface area contributed by atoms with Gasteiger partial charge in [-0.1, -0.05) is 6.07 Å². The minimum atomic E-state index is 0.538. The Bertz CT molecular complexity index is 456. The minimum absolute atomic E-state index is 0.538. The smallest absolute Gasteiger partial charge is 0.125 e. The van der Waals surface area contributed by atoms with Crippen LogP contribution in [0.25, 0.3) is 0 Å². The summed E-state index contributed by atoms with van der Waals surface area (Å²) in [4.78, 5) is 10.2. The van der Waals surface area contributed by atoms with Crippen molar-refractivity contribution in [2.24, 2.45) is 0 Å². The van der Waals surface area contributed by atoms with Crippen LogP contribution >= 0.6 is 0 Å². The standard InChI is InChI=1S/C12H14N4/c1-16(9-10-3-2-5-14-8-10)11-4-6-15-12(13)7-11/h2-8H,9H2,1H3,(H2,13,15). The van der Waals surface area contributed by atoms with E-state index in [-0.39, 0.29) is 0 Å². The van der Waals surface area contributed by atoms with Crippen LogP contribution in [0.3, 0.4) is 0 Å². The van der Waals surface area contributed by atoms with E-state index in [4.69, 9.17) is 5.73 Å². The highest BCUT2D eigenvalue weighted by molar-refractivity contribution is 5.51. The third-order valence-electron chi connectivity index (χ3n) is 2.35. The molecule has 2 N–H and O–H groups in total. The van der Waals surface area contributed by atoms with E-state index in [1.54, 1.807) is 12.4 Å². The van der Waals surface area contributed by atoms with Crippen molar-refractivity contribution in [3.63, 3.8) is 0 Å². The van der Waals surface area contributed by atoms with Crippen molar-refractivity contribution in [3.05, 3.63) is 48.4 Å². The second-order valence-electron chi connectivity index (χ2n) is 3.66. The van der Waals surface area contributed by atoms with Crippen LogP contribution in [0.1, 0.15) is 5.56 Å². The Morgan fingerprint density at radius 2 is 2.19 bits per heavy atom. The summed E-state index contributed by atoms with van der Waals surface area (Å²) in [6, 6.07) is 7.78. The Balaban J connectivity index is 2.12. The van der Waals surface area contributed by atoms with Crippen LogP contribution in [0, 0.1) is 0 Å². The molecule has 0 spiro atoms. The number of hydrogen-bond acceptors (Lipinski definition) is 4. The van der Waals surface area contributed by atoms with E-state index in [9.17, 15) is 0 Å². The van der Waals surface area contributed by atoms with E-state index < -0.39 is 0 Å². The number of anilines is 2. The van der Waals surface area contributed by atoms with Crippen molar-refractivity contribution < 1.29 is 0 Å². The van der Waals surface area contributed by atoms with E-state index in [0.29, 0.717) is 5.82 Å². The summed E-state index contributed by atoms with van der Waals surface area (Å²) >= 11 is 0. The molecule has 0 atom stereocenters. The van der Waals surface area contributed by atoms with Crippen LogP contribution in [-0.4, -0.2) is 17.0 Å². The van der Waals surface area contributed by atoms with Crippen molar-refractivity contribution in [2.75, 3.05) is 17.7 Å². The van der Waals surface area contributed by atoms with Crippen LogP contribution < -0.4 is 10.6 Å². The Hall–Kier alpha value is -2.10. The molecule has 0 aliphatic heterocycles. The largest absolute Gasteiger partial charge is 0.384 e. The predicted molar refractivity (Wildman–Crippen MR) is 65.0 cm³/mol. The zero-order valence-corrected chi connectivity index (χ0v) is 9.17. The first-order valence-corrected chi connectivity index (χ1v) is 5.07. The number of pyridine rings is 2. The highest BCUT2D eigenvalue weighted by Crippen LogP contribution is 2.15. The summed E-state index contributed by atoms with van der Waals surface area (Å²) in [6.45, 7) is 0.803. The van der Waals surface area contributed by atoms with Gasteiger partial charge in [-0.15, -0.1) is 0 Å². The number of nitrogen functional groups attached to an aromatic ring is 1. The molecule has 2 rings (SSSR count). The van der Waals surface area contributed by atoms with Crippen molar-refractivity contribution in [2.45, 2.75) is 6.54 Å². The lowest BCUT2D eigenvalue weighted by Crippen LogP contribution is -2.16. The maximum Gasteiger partial charge on any atom is 0.125 e. The van der Waals surface area contributed by atoms with Crippen molar-refractivity contribution >= 4 is 11.5 Å². The fourth-order valence-corrected chi connectivity index (χ4v) is 1.53. The van der Waals surface area contributed by atoms with E-state index in [2.05, 4.69) is 14.9 Å². The average Bonchev–Trinajstić information content (AvgIpc) is 2.30. The first kappa shape index (κ1) is 10.4. The summed E-state index contributed by atoms with van der Waals surface area (Å²) in [7, 11) is 2.02. The monoisotopic (exact) mass is 214 g/mol. The van der Waals surface area contributed by atoms with Gasteiger partial charge in [0.25, 0.3) is 0 Å². The van der Waals surface area contributed by atoms with Gasteiger partial charge in [0, 0.05) is 43.9 Å². The fraction of sp³-hybridized carbons (Fsp3) is 0.167. The van der Waals surface area contributed by atoms with Crippen LogP contribution in [0.5, 0.6) is 0 Å². The summed E-state index contributed by atoms with van der Waals surface area (Å²) in [6.07, 6.45) is 5.35. The topological polar surface area (TPSA) is 55.0 Å². The quantitative estimate of drug-likeness (QED) is 0.844. The second-order valence-corrected chi connectivity index (χ2v) is 3.66. The maximum atomic E-state index is 5.64. The number of hydrogen-bond donors (Lipinski definition) is 1. The average molecular weight is 214 g/mol. The van der Waals surface area contributed by atoms with Gasteiger partial charge in [0.1, 0.15) is 5.82 Å². The van der Waals surface area contributed by atoms with Gasteiger partial charge in [0.05, 0.1) is 0 Å². The van der Waals surface area contributed by atoms with Crippen molar-refractivity contribution in [1.82, 2.24) is 9.97 Å². The lowest BCUT2D eigenvalue weighted by atomic mass is 10.2. The van der Waals surface area contributed by atoms with Crippen LogP contribution in [-0.2, 0) is 6.54 Å². The summed E-state index contributed by atoms with van der Waals surface area (Å²) in [5.74, 6) is 0.538. The van der Waals surface area contributed by atoms with E-state index in [0.717, 1.165) is 12.2 Å². The molecule has 0 amide bonds. The van der Waals surface area contributed by atoms with Gasteiger partial charge in [-0.2, -0.15) is 0 Å². The minimum Gasteiger partial charge on any atom is -0.384 e. The molecule has 0 bridgehead atoms. The van der Waals surface area contributed by atoms with Gasteiger partial charge in [-0.3, -0.25) is 4.98 Å². The molecule has 4 heteroatoms. The molecule has 4 nitrogen and oxygen atoms in total. The molecule has 0 unspecified atom stereocenters. The third kappa shape index (κ3) is 2.48. The molecule has 0 saturated carbocycles. The van der Waals surface area contributed by atoms with Crippen molar-refractivity contribution in [1.29, 1.82) is 0 Å². The Morgan fingerprint density at radius 1 is 1.31 bits per heavy atom. The van der Waals surface area contributed by atoms with E-state index in [1.807, 2.05) is 37.5 Å². The second kappa shape index (κ2) is 4.61. The number of nitrogens with two attached hydrogens (primary N) is 1. The normalized spacial score (nSPS) is 10.1. The highest BCUT2D eigenvalue weighted by atomic mass is 15.1. The molecule has 2 aromatic heterocycles. The summed E-state index contributed by atoms with van der Waals surface area (Å²) < 4.78 is 0. The molecular formula is C12H14N4. The summed E-state index contributed by atoms with van der Waals surface area (Å²) in [5, 5.41) is 0. The lowest BCUT2D eigenvalue weighted by molar-refractivity contribution is 0.914. The molecule has 0 aromatic carbocycles. The van der Waals surface area contributed by atoms with Crippen molar-refractivity contribution in [3.8, 4) is 0 Å². The Kier molecular flexibility index (Phi) is 3.00. The SMILES string of the molecule is CN(Cc1cccnc1)c1ccnc(N)c1. The first-order chi connectivity index (χ1) is 7.75. The van der Waals surface area contributed by atoms with Gasteiger partial charge in [0.15, 0.2) is 0 Å². The third-order valence-corrected chi connectivity index (χ3v) is 2.35. The molecule has 0 radical (unpaired) electrons. The number of aromatic nitrogens is 2. The fourth-order valence-electron chi connectivity index (χ4n) is 1.53. The molecule has 0 aliphatic carbocycles. The molecule has 2 heterocycles. The van der Waals surface area contributed by atoms with Crippen LogP contribution in [0.15, 0.2) is 42.9 Å². The Labute approximate surface area is 94.8 Å². The number of rotatable bonds is 3. The molecule has 82 valence electrons. The van der Waals surface area contributed by atoms with E-state index >= 15 is 0 Å². The zero-order chi connectivity index (χ0) is 11.4. The first-order valence-electron chi connectivity index (χ1n) is 5.07. The highest BCUT2D eigenvalue weighted by Gasteiger charge is 2.02. The molecule has 2 aromatic rings. The molecule has 0 fully saturated rings. The van der Waals surface area contributed by atoms with Crippen LogP contribution in [0.2, 0.25) is 0 Å². The molecule has 16 heavy (non-hydrogen) atoms. The lowest BCUT2D eigenvalue weighted by Gasteiger charge is -2.19. The van der Waals surface area contributed by atoms with Gasteiger partial charge in [-0.05, 0) is 17.7 Å². The zero-order valence-electron chi connectivity index (χ0n) is 9.17. The van der Waals surface area contributed by atoms with Crippen LogP contribution in [0.4, 0.5) is 11.5 Å². The van der Waals surface area contributed by atoms with Gasteiger partial charge >= 0.3 is 0 Å². The van der Waals surface area contributed by atoms with Gasteiger partial charge in [0.2, 0.25) is 0 Å². The molecule has 0 saturated heterocycles. The number of nitrogens with zero attached hydrogens (tertiary/aromatic N) is 3. The molecule has 0 aliphatic rings. The Morgan fingerprint density at radius 3 is 2.88 bits per heavy atom. The molecular weight excluding hydrogens is 200 g/mol. The van der Waals surface area contributed by atoms with Gasteiger partial charge in [-0.25, -0.2) is 4.98 Å². The van der Waals surface area contributed by atoms with Gasteiger partial charge < -0.3 is 10.6 Å².